The fourth-order valence-electron chi connectivity index (χ4n) is 2.86. The first-order valence-electron chi connectivity index (χ1n) is 8.86. The molecule has 0 saturated heterocycles. The number of pyridine rings is 1. The lowest BCUT2D eigenvalue weighted by Crippen LogP contribution is -2.04. The smallest absolute Gasteiger partial charge is 0.305 e. The number of nitrogens with zero attached hydrogens (tertiary/aromatic N) is 1. The lowest BCUT2D eigenvalue weighted by molar-refractivity contribution is -0.140. The molecule has 0 aliphatic heterocycles. The second-order valence-electron chi connectivity index (χ2n) is 6.25. The number of hydrogen-bond donors (Lipinski definition) is 0. The van der Waals surface area contributed by atoms with Crippen LogP contribution in [0.3, 0.4) is 0 Å². The molecule has 150 valence electrons. The van der Waals surface area contributed by atoms with Crippen molar-refractivity contribution in [2.24, 2.45) is 0 Å². The normalized spacial score (nSPS) is 10.6. The molecule has 2 aromatic carbocycles. The Labute approximate surface area is 178 Å². The molecule has 0 unspecified atom stereocenters. The molecule has 0 fully saturated rings. The van der Waals surface area contributed by atoms with E-state index in [1.54, 1.807) is 12.1 Å². The Bertz CT molecular complexity index is 1010. The van der Waals surface area contributed by atoms with Gasteiger partial charge in [0.15, 0.2) is 0 Å². The topological polar surface area (TPSA) is 48.4 Å². The summed E-state index contributed by atoms with van der Waals surface area (Å²) in [7, 11) is 1.30. The maximum Gasteiger partial charge on any atom is 0.305 e. The highest BCUT2D eigenvalue weighted by Crippen LogP contribution is 2.34. The Morgan fingerprint density at radius 3 is 2.52 bits per heavy atom. The van der Waals surface area contributed by atoms with E-state index < -0.39 is 11.8 Å². The third-order valence-electron chi connectivity index (χ3n) is 4.33. The van der Waals surface area contributed by atoms with Crippen molar-refractivity contribution in [3.63, 3.8) is 0 Å². The minimum Gasteiger partial charge on any atom is -0.489 e. The predicted octanol–water partition coefficient (Wildman–Crippen LogP) is 5.88. The van der Waals surface area contributed by atoms with Gasteiger partial charge in [0.1, 0.15) is 28.5 Å². The molecule has 3 rings (SSSR count). The van der Waals surface area contributed by atoms with Crippen LogP contribution in [0.5, 0.6) is 5.75 Å². The highest BCUT2D eigenvalue weighted by molar-refractivity contribution is 6.33. The van der Waals surface area contributed by atoms with Crippen molar-refractivity contribution in [2.45, 2.75) is 19.4 Å². The summed E-state index contributed by atoms with van der Waals surface area (Å²) in [6.07, 6.45) is 0.336. The van der Waals surface area contributed by atoms with E-state index in [-0.39, 0.29) is 23.1 Å². The molecule has 4 nitrogen and oxygen atoms in total. The first kappa shape index (κ1) is 21.1. The molecule has 0 bridgehead atoms. The first-order valence-corrected chi connectivity index (χ1v) is 9.62. The molecule has 0 N–H and O–H groups in total. The van der Waals surface area contributed by atoms with Crippen molar-refractivity contribution >= 4 is 29.2 Å². The Balaban J connectivity index is 1.87. The van der Waals surface area contributed by atoms with Crippen LogP contribution >= 0.6 is 23.2 Å². The highest BCUT2D eigenvalue weighted by Gasteiger charge is 2.17. The second kappa shape index (κ2) is 9.72. The van der Waals surface area contributed by atoms with Crippen LogP contribution in [0.15, 0.2) is 54.6 Å². The minimum atomic E-state index is -0.492. The van der Waals surface area contributed by atoms with E-state index in [2.05, 4.69) is 9.72 Å². The average Bonchev–Trinajstić information content (AvgIpc) is 2.71. The summed E-state index contributed by atoms with van der Waals surface area (Å²) in [5.74, 6) is -0.488. The first-order chi connectivity index (χ1) is 14.0. The fourth-order valence-corrected chi connectivity index (χ4v) is 3.39. The number of carbonyl (C=O) groups excluding carboxylic acids is 1. The number of halogens is 3. The number of esters is 1. The van der Waals surface area contributed by atoms with Gasteiger partial charge < -0.3 is 9.47 Å². The Morgan fingerprint density at radius 1 is 1.07 bits per heavy atom. The van der Waals surface area contributed by atoms with Crippen LogP contribution in [0.1, 0.15) is 17.5 Å². The molecule has 0 aliphatic rings. The van der Waals surface area contributed by atoms with Crippen LogP contribution in [-0.4, -0.2) is 18.1 Å². The fraction of sp³-hybridized carbons (Fsp3) is 0.182. The van der Waals surface area contributed by atoms with E-state index in [4.69, 9.17) is 27.9 Å². The summed E-state index contributed by atoms with van der Waals surface area (Å²) < 4.78 is 25.2. The van der Waals surface area contributed by atoms with E-state index in [1.165, 1.54) is 19.2 Å². The number of benzene rings is 2. The molecule has 0 amide bonds. The van der Waals surface area contributed by atoms with E-state index >= 15 is 0 Å². The van der Waals surface area contributed by atoms with Crippen LogP contribution in [0.25, 0.3) is 11.1 Å². The van der Waals surface area contributed by atoms with E-state index in [0.717, 1.165) is 5.56 Å². The average molecular weight is 434 g/mol. The number of ether oxygens (including phenoxy) is 2. The van der Waals surface area contributed by atoms with Crippen LogP contribution in [0.2, 0.25) is 10.3 Å². The third kappa shape index (κ3) is 5.46. The number of hydrogen-bond acceptors (Lipinski definition) is 4. The van der Waals surface area contributed by atoms with Crippen LogP contribution in [0.4, 0.5) is 4.39 Å². The Kier molecular flexibility index (Phi) is 7.07. The number of carbonyl (C=O) groups is 1. The Hall–Kier alpha value is -2.63. The van der Waals surface area contributed by atoms with Crippen LogP contribution in [0, 0.1) is 5.82 Å². The molecule has 3 aromatic rings. The van der Waals surface area contributed by atoms with Gasteiger partial charge in [0.25, 0.3) is 0 Å². The molecule has 7 heteroatoms. The SMILES string of the molecule is COC(=O)CCc1c(-c2ccc(OCc3ccccc3)cc2F)cc(Cl)nc1Cl. The number of aromatic nitrogens is 1. The van der Waals surface area contributed by atoms with Crippen molar-refractivity contribution in [1.82, 2.24) is 4.98 Å². The zero-order valence-electron chi connectivity index (χ0n) is 15.6. The van der Waals surface area contributed by atoms with Crippen molar-refractivity contribution in [3.05, 3.63) is 81.8 Å². The van der Waals surface area contributed by atoms with Gasteiger partial charge in [0.05, 0.1) is 7.11 Å². The third-order valence-corrected chi connectivity index (χ3v) is 4.83. The van der Waals surface area contributed by atoms with Crippen LogP contribution < -0.4 is 4.74 Å². The quantitative estimate of drug-likeness (QED) is 0.344. The van der Waals surface area contributed by atoms with Gasteiger partial charge in [-0.15, -0.1) is 0 Å². The van der Waals surface area contributed by atoms with E-state index in [1.807, 2.05) is 30.3 Å². The van der Waals surface area contributed by atoms with Crippen molar-refractivity contribution in [1.29, 1.82) is 0 Å². The van der Waals surface area contributed by atoms with E-state index in [9.17, 15) is 9.18 Å². The van der Waals surface area contributed by atoms with Gasteiger partial charge in [-0.2, -0.15) is 0 Å². The molecular formula is C22H18Cl2FNO3. The van der Waals surface area contributed by atoms with Crippen molar-refractivity contribution in [2.75, 3.05) is 7.11 Å². The molecule has 29 heavy (non-hydrogen) atoms. The molecule has 0 saturated carbocycles. The highest BCUT2D eigenvalue weighted by atomic mass is 35.5. The second-order valence-corrected chi connectivity index (χ2v) is 7.00. The van der Waals surface area contributed by atoms with Gasteiger partial charge >= 0.3 is 5.97 Å². The molecule has 0 atom stereocenters. The number of rotatable bonds is 7. The molecule has 1 aromatic heterocycles. The molecule has 0 spiro atoms. The standard InChI is InChI=1S/C22H18Cl2FNO3/c1-28-21(27)10-9-17-18(12-20(23)26-22(17)24)16-8-7-15(11-19(16)25)29-13-14-5-3-2-4-6-14/h2-8,11-12H,9-10,13H2,1H3. The summed E-state index contributed by atoms with van der Waals surface area (Å²) >= 11 is 12.2. The predicted molar refractivity (Wildman–Crippen MR) is 111 cm³/mol. The monoisotopic (exact) mass is 433 g/mol. The van der Waals surface area contributed by atoms with Gasteiger partial charge in [-0.1, -0.05) is 53.5 Å². The Morgan fingerprint density at radius 2 is 1.83 bits per heavy atom. The minimum absolute atomic E-state index is 0.0897. The lowest BCUT2D eigenvalue weighted by Gasteiger charge is -2.14. The largest absolute Gasteiger partial charge is 0.489 e. The van der Waals surface area contributed by atoms with Gasteiger partial charge in [-0.25, -0.2) is 9.37 Å². The molecule has 0 radical (unpaired) electrons. The maximum atomic E-state index is 14.9. The van der Waals surface area contributed by atoms with E-state index in [0.29, 0.717) is 29.0 Å². The number of methoxy groups -OCH3 is 1. The summed E-state index contributed by atoms with van der Waals surface area (Å²) in [5.41, 5.74) is 2.28. The zero-order valence-corrected chi connectivity index (χ0v) is 17.1. The maximum absolute atomic E-state index is 14.9. The molecule has 1 heterocycles. The summed E-state index contributed by atoms with van der Waals surface area (Å²) in [4.78, 5) is 15.5. The van der Waals surface area contributed by atoms with Crippen LogP contribution in [-0.2, 0) is 22.6 Å². The summed E-state index contributed by atoms with van der Waals surface area (Å²) in [5, 5.41) is 0.260. The summed E-state index contributed by atoms with van der Waals surface area (Å²) in [6.45, 7) is 0.330. The van der Waals surface area contributed by atoms with Gasteiger partial charge in [-0.05, 0) is 41.3 Å². The molecular weight excluding hydrogens is 416 g/mol. The zero-order chi connectivity index (χ0) is 20.8. The van der Waals surface area contributed by atoms with Gasteiger partial charge in [0.2, 0.25) is 0 Å². The van der Waals surface area contributed by atoms with Crippen molar-refractivity contribution in [3.8, 4) is 16.9 Å². The summed E-state index contributed by atoms with van der Waals surface area (Å²) in [6, 6.07) is 15.7. The molecule has 0 aliphatic carbocycles. The lowest BCUT2D eigenvalue weighted by atomic mass is 9.98. The van der Waals surface area contributed by atoms with Gasteiger partial charge in [0, 0.05) is 18.1 Å². The van der Waals surface area contributed by atoms with Crippen molar-refractivity contribution < 1.29 is 18.7 Å². The van der Waals surface area contributed by atoms with Gasteiger partial charge in [-0.3, -0.25) is 4.79 Å².